The summed E-state index contributed by atoms with van der Waals surface area (Å²) in [6.07, 6.45) is -6.79. The van der Waals surface area contributed by atoms with Crippen molar-refractivity contribution in [3.05, 3.63) is 0 Å². The lowest BCUT2D eigenvalue weighted by molar-refractivity contribution is -0.348. The third kappa shape index (κ3) is 6.06. The summed E-state index contributed by atoms with van der Waals surface area (Å²) in [6, 6.07) is -0.00294. The number of hydrogen-bond donors (Lipinski definition) is 0. The molecule has 5 nitrogen and oxygen atoms in total. The summed E-state index contributed by atoms with van der Waals surface area (Å²) in [7, 11) is -3.19. The predicted octanol–water partition coefficient (Wildman–Crippen LogP) is 3.80. The maximum Gasteiger partial charge on any atom is 0.501 e. The topological polar surface area (TPSA) is 54.0 Å². The van der Waals surface area contributed by atoms with E-state index in [1.807, 2.05) is 0 Å². The zero-order valence-corrected chi connectivity index (χ0v) is 15.4. The third-order valence-electron chi connectivity index (χ3n) is 2.96. The van der Waals surface area contributed by atoms with Gasteiger partial charge in [-0.2, -0.15) is 30.7 Å². The number of halogens is 7. The first kappa shape index (κ1) is 25.1. The van der Waals surface area contributed by atoms with Crippen LogP contribution in [-0.2, 0) is 22.8 Å². The van der Waals surface area contributed by atoms with Crippen LogP contribution < -0.4 is 0 Å². The number of ether oxygens (including phenoxy) is 1. The molecule has 0 unspecified atom stereocenters. The van der Waals surface area contributed by atoms with E-state index in [9.17, 15) is 35.5 Å². The summed E-state index contributed by atoms with van der Waals surface area (Å²) >= 11 is 0. The molecule has 0 aromatic carbocycles. The maximum atomic E-state index is 13.1. The highest BCUT2D eigenvalue weighted by Gasteiger charge is 2.77. The van der Waals surface area contributed by atoms with Gasteiger partial charge in [-0.1, -0.05) is 0 Å². The minimum Gasteiger partial charge on any atom is -0.461 e. The summed E-state index contributed by atoms with van der Waals surface area (Å²) in [5.74, 6) is -15.5. The Hall–Kier alpha value is -0.923. The van der Waals surface area contributed by atoms with Crippen LogP contribution in [0.4, 0.5) is 30.7 Å². The average molecular weight is 418 g/mol. The summed E-state index contributed by atoms with van der Waals surface area (Å²) in [5.41, 5.74) is 0. The van der Waals surface area contributed by atoms with Gasteiger partial charge in [-0.15, -0.1) is 0 Å². The van der Waals surface area contributed by atoms with Crippen LogP contribution in [0.15, 0.2) is 0 Å². The van der Waals surface area contributed by atoms with Crippen LogP contribution >= 0.6 is 0 Å². The summed E-state index contributed by atoms with van der Waals surface area (Å²) in [5, 5.41) is 0. The predicted molar refractivity (Wildman–Crippen MR) is 77.0 cm³/mol. The Morgan fingerprint density at radius 1 is 0.846 bits per heavy atom. The Morgan fingerprint density at radius 2 is 1.27 bits per heavy atom. The Bertz CT molecular complexity index is 428. The lowest BCUT2D eigenvalue weighted by atomic mass is 10.1. The van der Waals surface area contributed by atoms with Crippen molar-refractivity contribution in [1.82, 2.24) is 0 Å². The Morgan fingerprint density at radius 3 is 1.62 bits per heavy atom. The second-order valence-corrected chi connectivity index (χ2v) is 7.60. The lowest BCUT2D eigenvalue weighted by Crippen LogP contribution is -2.56. The van der Waals surface area contributed by atoms with Crippen LogP contribution in [0, 0.1) is 0 Å². The average Bonchev–Trinajstić information content (AvgIpc) is 2.50. The highest BCUT2D eigenvalue weighted by atomic mass is 28.4. The van der Waals surface area contributed by atoms with E-state index in [2.05, 4.69) is 4.74 Å². The number of hydrogen-bond acceptors (Lipinski definition) is 5. The minimum absolute atomic E-state index is 0.00294. The molecule has 0 aromatic rings. The van der Waals surface area contributed by atoms with Gasteiger partial charge in [-0.05, 0) is 27.2 Å². The zero-order chi connectivity index (χ0) is 20.6. The van der Waals surface area contributed by atoms with E-state index in [-0.39, 0.29) is 32.3 Å². The molecular formula is C13H21F7O5Si. The molecular weight excluding hydrogens is 397 g/mol. The van der Waals surface area contributed by atoms with Gasteiger partial charge in [0.2, 0.25) is 0 Å². The fourth-order valence-corrected chi connectivity index (χ4v) is 4.43. The van der Waals surface area contributed by atoms with E-state index in [0.29, 0.717) is 0 Å². The van der Waals surface area contributed by atoms with Gasteiger partial charge < -0.3 is 18.0 Å². The van der Waals surface area contributed by atoms with E-state index in [4.69, 9.17) is 13.3 Å². The molecule has 0 fully saturated rings. The molecule has 0 heterocycles. The van der Waals surface area contributed by atoms with E-state index in [1.54, 1.807) is 20.8 Å². The second-order valence-electron chi connectivity index (χ2n) is 4.87. The highest BCUT2D eigenvalue weighted by molar-refractivity contribution is 6.60. The molecule has 156 valence electrons. The van der Waals surface area contributed by atoms with Crippen molar-refractivity contribution >= 4 is 14.8 Å². The monoisotopic (exact) mass is 418 g/mol. The fraction of sp³-hybridized carbons (Fsp3) is 0.923. The van der Waals surface area contributed by atoms with Crippen molar-refractivity contribution < 1.29 is 53.5 Å². The van der Waals surface area contributed by atoms with Gasteiger partial charge in [0.1, 0.15) is 0 Å². The SMILES string of the molecule is CCO[Si](CCCOC(=O)C(F)(F)C(F)(F)C(F)(F)F)(OCC)OCC. The van der Waals surface area contributed by atoms with Gasteiger partial charge in [0.25, 0.3) is 0 Å². The quantitative estimate of drug-likeness (QED) is 0.209. The van der Waals surface area contributed by atoms with Crippen LogP contribution in [0.5, 0.6) is 0 Å². The van der Waals surface area contributed by atoms with Gasteiger partial charge in [-0.3, -0.25) is 0 Å². The normalized spacial score (nSPS) is 13.8. The van der Waals surface area contributed by atoms with Gasteiger partial charge in [-0.25, -0.2) is 4.79 Å². The summed E-state index contributed by atoms with van der Waals surface area (Å²) in [4.78, 5) is 11.0. The Labute approximate surface area is 147 Å². The van der Waals surface area contributed by atoms with Crippen molar-refractivity contribution in [3.8, 4) is 0 Å². The number of esters is 1. The fourth-order valence-electron chi connectivity index (χ4n) is 1.85. The van der Waals surface area contributed by atoms with E-state index in [0.717, 1.165) is 0 Å². The van der Waals surface area contributed by atoms with Crippen molar-refractivity contribution in [2.75, 3.05) is 26.4 Å². The van der Waals surface area contributed by atoms with Crippen molar-refractivity contribution in [2.45, 2.75) is 51.3 Å². The molecule has 0 saturated heterocycles. The number of alkyl halides is 7. The zero-order valence-electron chi connectivity index (χ0n) is 14.4. The molecule has 0 aromatic heterocycles. The molecule has 0 spiro atoms. The van der Waals surface area contributed by atoms with Crippen molar-refractivity contribution in [2.24, 2.45) is 0 Å². The first-order valence-electron chi connectivity index (χ1n) is 7.72. The Balaban J connectivity index is 4.82. The molecule has 0 bridgehead atoms. The first-order valence-corrected chi connectivity index (χ1v) is 9.65. The van der Waals surface area contributed by atoms with E-state index < -0.39 is 39.4 Å². The molecule has 0 radical (unpaired) electrons. The van der Waals surface area contributed by atoms with Gasteiger partial charge >= 0.3 is 32.8 Å². The molecule has 0 aliphatic heterocycles. The van der Waals surface area contributed by atoms with E-state index >= 15 is 0 Å². The minimum atomic E-state index is -6.60. The van der Waals surface area contributed by atoms with Crippen LogP contribution in [0.1, 0.15) is 27.2 Å². The molecule has 0 amide bonds. The second kappa shape index (κ2) is 9.85. The summed E-state index contributed by atoms with van der Waals surface area (Å²) in [6.45, 7) is 4.76. The Kier molecular flexibility index (Phi) is 9.50. The van der Waals surface area contributed by atoms with Crippen LogP contribution in [-0.4, -0.2) is 59.2 Å². The molecule has 0 atom stereocenters. The smallest absolute Gasteiger partial charge is 0.461 e. The number of rotatable bonds is 12. The third-order valence-corrected chi connectivity index (χ3v) is 6.11. The van der Waals surface area contributed by atoms with Crippen LogP contribution in [0.25, 0.3) is 0 Å². The maximum absolute atomic E-state index is 13.1. The number of carbonyl (C=O) groups excluding carboxylic acids is 1. The van der Waals surface area contributed by atoms with E-state index in [1.165, 1.54) is 0 Å². The van der Waals surface area contributed by atoms with Gasteiger partial charge in [0.05, 0.1) is 6.61 Å². The summed E-state index contributed by atoms with van der Waals surface area (Å²) < 4.78 is 108. The molecule has 0 aliphatic rings. The molecule has 0 aliphatic carbocycles. The molecule has 0 rings (SSSR count). The van der Waals surface area contributed by atoms with Gasteiger partial charge in [0.15, 0.2) is 0 Å². The molecule has 0 N–H and O–H groups in total. The number of carbonyl (C=O) groups is 1. The molecule has 26 heavy (non-hydrogen) atoms. The van der Waals surface area contributed by atoms with Crippen molar-refractivity contribution in [3.63, 3.8) is 0 Å². The van der Waals surface area contributed by atoms with Crippen LogP contribution in [0.3, 0.4) is 0 Å². The first-order chi connectivity index (χ1) is 11.8. The van der Waals surface area contributed by atoms with Crippen molar-refractivity contribution in [1.29, 1.82) is 0 Å². The van der Waals surface area contributed by atoms with Gasteiger partial charge in [0, 0.05) is 25.9 Å². The lowest BCUT2D eigenvalue weighted by Gasteiger charge is -2.28. The molecule has 13 heteroatoms. The van der Waals surface area contributed by atoms with Crippen LogP contribution in [0.2, 0.25) is 6.04 Å². The molecule has 0 saturated carbocycles. The largest absolute Gasteiger partial charge is 0.501 e. The standard InChI is InChI=1S/C13H21F7O5Si/c1-4-23-26(24-5-2,25-6-3)9-7-8-22-10(21)11(14,15)12(16,17)13(18,19)20/h4-9H2,1-3H3. The highest BCUT2D eigenvalue weighted by Crippen LogP contribution is 2.47.